The van der Waals surface area contributed by atoms with Crippen molar-refractivity contribution in [2.45, 2.75) is 38.8 Å². The summed E-state index contributed by atoms with van der Waals surface area (Å²) in [7, 11) is 0. The van der Waals surface area contributed by atoms with Gasteiger partial charge in [0.25, 0.3) is 0 Å². The van der Waals surface area contributed by atoms with Crippen molar-refractivity contribution in [3.05, 3.63) is 65.2 Å². The van der Waals surface area contributed by atoms with Crippen LogP contribution in [0.25, 0.3) is 0 Å². The lowest BCUT2D eigenvalue weighted by Gasteiger charge is -2.08. The zero-order valence-electron chi connectivity index (χ0n) is 17.8. The molecule has 2 aromatic rings. The second-order valence-corrected chi connectivity index (χ2v) is 7.03. The van der Waals surface area contributed by atoms with Crippen molar-refractivity contribution in [1.82, 2.24) is 5.32 Å². The summed E-state index contributed by atoms with van der Waals surface area (Å²) in [6.07, 6.45) is -2.03. The highest BCUT2D eigenvalue weighted by Crippen LogP contribution is 2.14. The van der Waals surface area contributed by atoms with Gasteiger partial charge in [-0.3, -0.25) is 4.79 Å². The zero-order valence-corrected chi connectivity index (χ0v) is 17.8. The molecule has 9 heteroatoms. The third-order valence-electron chi connectivity index (χ3n) is 4.24. The van der Waals surface area contributed by atoms with Gasteiger partial charge < -0.3 is 20.3 Å². The Morgan fingerprint density at radius 2 is 1.62 bits per heavy atom. The maximum atomic E-state index is 10.6. The number of alkyl halides is 3. The van der Waals surface area contributed by atoms with Crippen molar-refractivity contribution in [3.63, 3.8) is 0 Å². The molecule has 0 aliphatic heterocycles. The maximum absolute atomic E-state index is 10.6. The van der Waals surface area contributed by atoms with E-state index < -0.39 is 18.1 Å². The molecule has 0 aliphatic carbocycles. The number of rotatable bonds is 11. The summed E-state index contributed by atoms with van der Waals surface area (Å²) >= 11 is 0. The van der Waals surface area contributed by atoms with Crippen LogP contribution in [0.5, 0.6) is 5.75 Å². The fourth-order valence-corrected chi connectivity index (χ4v) is 2.64. The van der Waals surface area contributed by atoms with E-state index in [2.05, 4.69) is 48.6 Å². The van der Waals surface area contributed by atoms with Gasteiger partial charge in [0, 0.05) is 13.0 Å². The summed E-state index contributed by atoms with van der Waals surface area (Å²) in [5.74, 6) is -2.62. The van der Waals surface area contributed by atoms with Gasteiger partial charge in [-0.1, -0.05) is 42.0 Å². The second kappa shape index (κ2) is 14.1. The molecule has 0 unspecified atom stereocenters. The zero-order chi connectivity index (χ0) is 24.0. The number of ether oxygens (including phenoxy) is 1. The standard InChI is InChI=1S/C21H27NO3.C2HF3O2/c1-17-4-2-5-19(16-17)12-15-25-20-9-7-18(8-10-20)6-3-13-22-14-11-21(23)24;3-2(4,5)1(6)7/h2,4-5,7-10,16,22H,3,6,11-15H2,1H3,(H,23,24);(H,6,7). The molecule has 0 saturated carbocycles. The molecule has 0 saturated heterocycles. The summed E-state index contributed by atoms with van der Waals surface area (Å²) in [6, 6.07) is 16.7. The molecule has 0 heterocycles. The maximum Gasteiger partial charge on any atom is 0.490 e. The van der Waals surface area contributed by atoms with Crippen molar-refractivity contribution < 1.29 is 37.7 Å². The molecular weight excluding hydrogens is 427 g/mol. The number of aliphatic carboxylic acids is 2. The summed E-state index contributed by atoms with van der Waals surface area (Å²) in [4.78, 5) is 19.3. The number of benzene rings is 2. The van der Waals surface area contributed by atoms with E-state index in [1.165, 1.54) is 16.7 Å². The molecular formula is C23H28F3NO5. The van der Waals surface area contributed by atoms with Crippen LogP contribution < -0.4 is 10.1 Å². The van der Waals surface area contributed by atoms with Gasteiger partial charge in [-0.05, 0) is 49.6 Å². The van der Waals surface area contributed by atoms with Crippen LogP contribution in [-0.4, -0.2) is 48.0 Å². The number of aryl methyl sites for hydroxylation is 2. The summed E-state index contributed by atoms with van der Waals surface area (Å²) in [5, 5.41) is 18.8. The van der Waals surface area contributed by atoms with Gasteiger partial charge in [-0.25, -0.2) is 4.79 Å². The van der Waals surface area contributed by atoms with Crippen molar-refractivity contribution in [1.29, 1.82) is 0 Å². The van der Waals surface area contributed by atoms with E-state index in [-0.39, 0.29) is 6.42 Å². The highest BCUT2D eigenvalue weighted by atomic mass is 19.4. The van der Waals surface area contributed by atoms with Gasteiger partial charge in [0.2, 0.25) is 0 Å². The van der Waals surface area contributed by atoms with E-state index in [0.717, 1.165) is 31.6 Å². The Bertz CT molecular complexity index is 838. The Labute approximate surface area is 185 Å². The summed E-state index contributed by atoms with van der Waals surface area (Å²) in [6.45, 7) is 4.14. The molecule has 0 radical (unpaired) electrons. The van der Waals surface area contributed by atoms with Gasteiger partial charge in [0.1, 0.15) is 5.75 Å². The summed E-state index contributed by atoms with van der Waals surface area (Å²) in [5.41, 5.74) is 3.84. The Balaban J connectivity index is 0.000000633. The Morgan fingerprint density at radius 3 is 2.19 bits per heavy atom. The molecule has 0 atom stereocenters. The molecule has 3 N–H and O–H groups in total. The first kappa shape index (κ1) is 27.0. The molecule has 6 nitrogen and oxygen atoms in total. The first-order valence-electron chi connectivity index (χ1n) is 10.1. The van der Waals surface area contributed by atoms with Crippen LogP contribution in [0.2, 0.25) is 0 Å². The number of carbonyl (C=O) groups is 2. The van der Waals surface area contributed by atoms with Crippen molar-refractivity contribution >= 4 is 11.9 Å². The SMILES string of the molecule is Cc1cccc(CCOc2ccc(CCCNCCC(=O)O)cc2)c1.O=C(O)C(F)(F)F. The van der Waals surface area contributed by atoms with E-state index in [1.807, 2.05) is 12.1 Å². The Hall–Kier alpha value is -3.07. The van der Waals surface area contributed by atoms with Gasteiger partial charge in [0.05, 0.1) is 13.0 Å². The van der Waals surface area contributed by atoms with Crippen molar-refractivity contribution in [2.75, 3.05) is 19.7 Å². The third kappa shape index (κ3) is 12.6. The summed E-state index contributed by atoms with van der Waals surface area (Å²) < 4.78 is 37.6. The van der Waals surface area contributed by atoms with Gasteiger partial charge in [0.15, 0.2) is 0 Å². The van der Waals surface area contributed by atoms with Crippen LogP contribution in [0.1, 0.15) is 29.5 Å². The predicted molar refractivity (Wildman–Crippen MR) is 114 cm³/mol. The number of hydrogen-bond donors (Lipinski definition) is 3. The van der Waals surface area contributed by atoms with Crippen LogP contribution in [-0.2, 0) is 22.4 Å². The molecule has 0 amide bonds. The second-order valence-electron chi connectivity index (χ2n) is 7.03. The molecule has 0 aliphatic rings. The van der Waals surface area contributed by atoms with Crippen LogP contribution in [0.4, 0.5) is 13.2 Å². The van der Waals surface area contributed by atoms with Gasteiger partial charge in [-0.2, -0.15) is 13.2 Å². The number of carboxylic acids is 2. The van der Waals surface area contributed by atoms with Crippen molar-refractivity contribution in [3.8, 4) is 5.75 Å². The number of carboxylic acid groups (broad SMARTS) is 2. The predicted octanol–water partition coefficient (Wildman–Crippen LogP) is 4.25. The molecule has 2 rings (SSSR count). The largest absolute Gasteiger partial charge is 0.493 e. The molecule has 2 aromatic carbocycles. The quantitative estimate of drug-likeness (QED) is 0.439. The molecule has 32 heavy (non-hydrogen) atoms. The average molecular weight is 455 g/mol. The van der Waals surface area contributed by atoms with Gasteiger partial charge >= 0.3 is 18.1 Å². The van der Waals surface area contributed by atoms with Crippen molar-refractivity contribution in [2.24, 2.45) is 0 Å². The van der Waals surface area contributed by atoms with E-state index in [1.54, 1.807) is 0 Å². The first-order valence-corrected chi connectivity index (χ1v) is 10.1. The van der Waals surface area contributed by atoms with Crippen LogP contribution >= 0.6 is 0 Å². The molecule has 176 valence electrons. The minimum atomic E-state index is -5.08. The van der Waals surface area contributed by atoms with Crippen LogP contribution in [0.3, 0.4) is 0 Å². The topological polar surface area (TPSA) is 95.9 Å². The first-order chi connectivity index (χ1) is 15.1. The smallest absolute Gasteiger partial charge is 0.490 e. The average Bonchev–Trinajstić information content (AvgIpc) is 2.71. The number of nitrogens with one attached hydrogen (secondary N) is 1. The normalized spacial score (nSPS) is 10.8. The van der Waals surface area contributed by atoms with E-state index in [4.69, 9.17) is 19.7 Å². The van der Waals surface area contributed by atoms with Crippen LogP contribution in [0.15, 0.2) is 48.5 Å². The molecule has 0 bridgehead atoms. The van der Waals surface area contributed by atoms with E-state index >= 15 is 0 Å². The lowest BCUT2D eigenvalue weighted by Crippen LogP contribution is -2.21. The van der Waals surface area contributed by atoms with E-state index in [9.17, 15) is 18.0 Å². The lowest BCUT2D eigenvalue weighted by atomic mass is 10.1. The number of halogens is 3. The molecule has 0 fully saturated rings. The highest BCUT2D eigenvalue weighted by molar-refractivity contribution is 5.73. The van der Waals surface area contributed by atoms with Gasteiger partial charge in [-0.15, -0.1) is 0 Å². The molecule has 0 aromatic heterocycles. The minimum Gasteiger partial charge on any atom is -0.493 e. The van der Waals surface area contributed by atoms with E-state index in [0.29, 0.717) is 13.2 Å². The number of hydrogen-bond acceptors (Lipinski definition) is 4. The fourth-order valence-electron chi connectivity index (χ4n) is 2.64. The lowest BCUT2D eigenvalue weighted by molar-refractivity contribution is -0.192. The highest BCUT2D eigenvalue weighted by Gasteiger charge is 2.38. The Kier molecular flexibility index (Phi) is 11.9. The fraction of sp³-hybridized carbons (Fsp3) is 0.391. The Morgan fingerprint density at radius 1 is 0.969 bits per heavy atom. The third-order valence-corrected chi connectivity index (χ3v) is 4.24. The minimum absolute atomic E-state index is 0.175. The monoisotopic (exact) mass is 455 g/mol. The van der Waals surface area contributed by atoms with Crippen LogP contribution in [0, 0.1) is 6.92 Å². The molecule has 0 spiro atoms.